The number of hydrogen-bond donors (Lipinski definition) is 0. The van der Waals surface area contributed by atoms with E-state index >= 15 is 0 Å². The van der Waals surface area contributed by atoms with Crippen LogP contribution in [0.3, 0.4) is 0 Å². The number of carbonyl (C=O) groups excluding carboxylic acids is 1. The SMILES string of the molecule is Cn1cc(C2CC(c3ccccc3)=NN2C(=O)c2cccnc2Cl)c2ccccc21. The van der Waals surface area contributed by atoms with Crippen LogP contribution in [-0.4, -0.2) is 26.2 Å². The Labute approximate surface area is 179 Å². The van der Waals surface area contributed by atoms with E-state index in [2.05, 4.69) is 27.9 Å². The van der Waals surface area contributed by atoms with Crippen LogP contribution in [0.4, 0.5) is 0 Å². The highest BCUT2D eigenvalue weighted by molar-refractivity contribution is 6.32. The second-order valence-corrected chi connectivity index (χ2v) is 7.69. The molecule has 1 aliphatic heterocycles. The first-order valence-corrected chi connectivity index (χ1v) is 10.1. The summed E-state index contributed by atoms with van der Waals surface area (Å²) in [6.45, 7) is 0. The Kier molecular flexibility index (Phi) is 4.60. The molecule has 0 saturated carbocycles. The van der Waals surface area contributed by atoms with Crippen LogP contribution in [0.5, 0.6) is 0 Å². The molecule has 6 heteroatoms. The molecule has 4 aromatic rings. The van der Waals surface area contributed by atoms with Crippen molar-refractivity contribution in [2.24, 2.45) is 12.1 Å². The monoisotopic (exact) mass is 414 g/mol. The Morgan fingerprint density at radius 2 is 1.80 bits per heavy atom. The lowest BCUT2D eigenvalue weighted by molar-refractivity contribution is 0.0712. The standard InChI is InChI=1S/C24H19ClN4O/c1-28-15-19(17-10-5-6-12-21(17)28)22-14-20(16-8-3-2-4-9-16)27-29(22)24(30)18-11-7-13-26-23(18)25/h2-13,15,22H,14H2,1H3. The number of aromatic nitrogens is 2. The molecule has 1 unspecified atom stereocenters. The van der Waals surface area contributed by atoms with E-state index in [1.165, 1.54) is 0 Å². The van der Waals surface area contributed by atoms with Gasteiger partial charge in [-0.05, 0) is 23.8 Å². The number of carbonyl (C=O) groups is 1. The summed E-state index contributed by atoms with van der Waals surface area (Å²) in [7, 11) is 2.02. The average molecular weight is 415 g/mol. The van der Waals surface area contributed by atoms with E-state index in [0.717, 1.165) is 27.7 Å². The summed E-state index contributed by atoms with van der Waals surface area (Å²) in [5, 5.41) is 7.62. The number of hydrazone groups is 1. The number of halogens is 1. The quantitative estimate of drug-likeness (QED) is 0.431. The normalized spacial score (nSPS) is 16.1. The Hall–Kier alpha value is -3.44. The molecule has 0 aliphatic carbocycles. The minimum absolute atomic E-state index is 0.183. The van der Waals surface area contributed by atoms with Gasteiger partial charge in [0.15, 0.2) is 0 Å². The maximum atomic E-state index is 13.5. The van der Waals surface area contributed by atoms with E-state index in [0.29, 0.717) is 12.0 Å². The first-order chi connectivity index (χ1) is 14.6. The molecule has 2 aromatic carbocycles. The summed E-state index contributed by atoms with van der Waals surface area (Å²) in [5.41, 5.74) is 4.42. The van der Waals surface area contributed by atoms with Crippen LogP contribution in [0.25, 0.3) is 10.9 Å². The molecule has 1 aliphatic rings. The highest BCUT2D eigenvalue weighted by Crippen LogP contribution is 2.38. The summed E-state index contributed by atoms with van der Waals surface area (Å²) in [6, 6.07) is 21.3. The Morgan fingerprint density at radius 1 is 1.03 bits per heavy atom. The Morgan fingerprint density at radius 3 is 2.60 bits per heavy atom. The molecule has 2 aromatic heterocycles. The van der Waals surface area contributed by atoms with Gasteiger partial charge < -0.3 is 4.57 Å². The molecule has 5 rings (SSSR count). The lowest BCUT2D eigenvalue weighted by Gasteiger charge is -2.21. The van der Waals surface area contributed by atoms with E-state index in [4.69, 9.17) is 16.7 Å². The number of pyridine rings is 1. The first kappa shape index (κ1) is 18.6. The molecule has 3 heterocycles. The molecule has 30 heavy (non-hydrogen) atoms. The fraction of sp³-hybridized carbons (Fsp3) is 0.125. The lowest BCUT2D eigenvalue weighted by Crippen LogP contribution is -2.27. The summed E-state index contributed by atoms with van der Waals surface area (Å²) >= 11 is 6.23. The second kappa shape index (κ2) is 7.43. The molecular weight excluding hydrogens is 396 g/mol. The van der Waals surface area contributed by atoms with E-state index in [-0.39, 0.29) is 17.1 Å². The third-order valence-electron chi connectivity index (χ3n) is 5.50. The molecule has 0 spiro atoms. The number of fused-ring (bicyclic) bond motifs is 1. The highest BCUT2D eigenvalue weighted by atomic mass is 35.5. The van der Waals surface area contributed by atoms with Gasteiger partial charge in [0.1, 0.15) is 5.15 Å². The molecule has 1 amide bonds. The molecule has 0 N–H and O–H groups in total. The molecule has 0 fully saturated rings. The third-order valence-corrected chi connectivity index (χ3v) is 5.80. The molecule has 148 valence electrons. The zero-order valence-electron chi connectivity index (χ0n) is 16.4. The molecule has 1 atom stereocenters. The number of nitrogens with zero attached hydrogens (tertiary/aromatic N) is 4. The number of para-hydroxylation sites is 1. The Balaban J connectivity index is 1.63. The van der Waals surface area contributed by atoms with Gasteiger partial charge >= 0.3 is 0 Å². The summed E-state index contributed by atoms with van der Waals surface area (Å²) in [4.78, 5) is 17.5. The van der Waals surface area contributed by atoms with Crippen LogP contribution in [-0.2, 0) is 7.05 Å². The van der Waals surface area contributed by atoms with Crippen LogP contribution >= 0.6 is 11.6 Å². The van der Waals surface area contributed by atoms with Crippen LogP contribution in [0, 0.1) is 0 Å². The zero-order valence-corrected chi connectivity index (χ0v) is 17.1. The number of rotatable bonds is 3. The van der Waals surface area contributed by atoms with Gasteiger partial charge in [0, 0.05) is 42.3 Å². The first-order valence-electron chi connectivity index (χ1n) is 9.74. The predicted octanol–water partition coefficient (Wildman–Crippen LogP) is 5.22. The van der Waals surface area contributed by atoms with Crippen molar-refractivity contribution >= 4 is 34.1 Å². The molecule has 0 bridgehead atoms. The molecule has 5 nitrogen and oxygen atoms in total. The molecule has 0 saturated heterocycles. The summed E-state index contributed by atoms with van der Waals surface area (Å²) in [6.07, 6.45) is 4.29. The second-order valence-electron chi connectivity index (χ2n) is 7.34. The van der Waals surface area contributed by atoms with Crippen molar-refractivity contribution in [3.05, 3.63) is 101 Å². The fourth-order valence-electron chi connectivity index (χ4n) is 4.05. The van der Waals surface area contributed by atoms with Gasteiger partial charge in [0.2, 0.25) is 0 Å². The minimum Gasteiger partial charge on any atom is -0.350 e. The van der Waals surface area contributed by atoms with Crippen LogP contribution in [0.2, 0.25) is 5.15 Å². The summed E-state index contributed by atoms with van der Waals surface area (Å²) < 4.78 is 2.09. The smallest absolute Gasteiger partial charge is 0.277 e. The van der Waals surface area contributed by atoms with Gasteiger partial charge in [-0.25, -0.2) is 9.99 Å². The number of amides is 1. The number of hydrogen-bond acceptors (Lipinski definition) is 3. The molecular formula is C24H19ClN4O. The minimum atomic E-state index is -0.253. The van der Waals surface area contributed by atoms with Crippen LogP contribution in [0.15, 0.2) is 84.2 Å². The van der Waals surface area contributed by atoms with Gasteiger partial charge in [-0.2, -0.15) is 5.10 Å². The highest BCUT2D eigenvalue weighted by Gasteiger charge is 2.36. The van der Waals surface area contributed by atoms with E-state index in [9.17, 15) is 4.79 Å². The summed E-state index contributed by atoms with van der Waals surface area (Å²) in [5.74, 6) is -0.253. The van der Waals surface area contributed by atoms with Crippen LogP contribution in [0.1, 0.15) is 33.9 Å². The Bertz CT molecular complexity index is 1280. The van der Waals surface area contributed by atoms with Gasteiger partial charge in [-0.3, -0.25) is 4.79 Å². The van der Waals surface area contributed by atoms with E-state index in [1.54, 1.807) is 23.3 Å². The third kappa shape index (κ3) is 3.08. The zero-order chi connectivity index (χ0) is 20.7. The van der Waals surface area contributed by atoms with Crippen molar-refractivity contribution in [2.45, 2.75) is 12.5 Å². The maximum Gasteiger partial charge on any atom is 0.277 e. The number of benzene rings is 2. The van der Waals surface area contributed by atoms with Crippen molar-refractivity contribution in [1.29, 1.82) is 0 Å². The van der Waals surface area contributed by atoms with Crippen molar-refractivity contribution in [3.63, 3.8) is 0 Å². The predicted molar refractivity (Wildman–Crippen MR) is 119 cm³/mol. The average Bonchev–Trinajstić information content (AvgIpc) is 3.36. The largest absolute Gasteiger partial charge is 0.350 e. The molecule has 0 radical (unpaired) electrons. The van der Waals surface area contributed by atoms with Crippen molar-refractivity contribution in [2.75, 3.05) is 0 Å². The van der Waals surface area contributed by atoms with Gasteiger partial charge in [0.25, 0.3) is 5.91 Å². The van der Waals surface area contributed by atoms with E-state index < -0.39 is 0 Å². The topological polar surface area (TPSA) is 50.5 Å². The van der Waals surface area contributed by atoms with Crippen molar-refractivity contribution < 1.29 is 4.79 Å². The van der Waals surface area contributed by atoms with Crippen molar-refractivity contribution in [1.82, 2.24) is 14.6 Å². The van der Waals surface area contributed by atoms with Gasteiger partial charge in [0.05, 0.1) is 17.3 Å². The number of aryl methyl sites for hydroxylation is 1. The van der Waals surface area contributed by atoms with Crippen LogP contribution < -0.4 is 0 Å². The van der Waals surface area contributed by atoms with Gasteiger partial charge in [-0.15, -0.1) is 0 Å². The lowest BCUT2D eigenvalue weighted by atomic mass is 9.98. The maximum absolute atomic E-state index is 13.5. The van der Waals surface area contributed by atoms with Crippen molar-refractivity contribution in [3.8, 4) is 0 Å². The fourth-order valence-corrected chi connectivity index (χ4v) is 4.25. The van der Waals surface area contributed by atoms with Gasteiger partial charge in [-0.1, -0.05) is 60.1 Å². The van der Waals surface area contributed by atoms with E-state index in [1.807, 2.05) is 49.5 Å².